The molecule has 2 aromatic rings. The summed E-state index contributed by atoms with van der Waals surface area (Å²) < 4.78 is 1.86. The van der Waals surface area contributed by atoms with E-state index in [-0.39, 0.29) is 0 Å². The Morgan fingerprint density at radius 3 is 3.29 bits per heavy atom. The summed E-state index contributed by atoms with van der Waals surface area (Å²) in [6.45, 7) is 0.955. The fourth-order valence-corrected chi connectivity index (χ4v) is 1.91. The molecular weight excluding hydrogens is 176 g/mol. The molecule has 0 unspecified atom stereocenters. The number of nitrogens with one attached hydrogen (secondary N) is 1. The third-order valence-corrected chi connectivity index (χ3v) is 2.58. The largest absolute Gasteiger partial charge is 0.383 e. The summed E-state index contributed by atoms with van der Waals surface area (Å²) >= 11 is 0. The van der Waals surface area contributed by atoms with Crippen LogP contribution in [0.5, 0.6) is 0 Å². The fourth-order valence-electron chi connectivity index (χ4n) is 1.91. The molecule has 0 aliphatic carbocycles. The van der Waals surface area contributed by atoms with Crippen molar-refractivity contribution in [2.75, 3.05) is 11.9 Å². The molecular formula is C10H8N4. The van der Waals surface area contributed by atoms with Crippen LogP contribution < -0.4 is 5.32 Å². The Kier molecular flexibility index (Phi) is 1.31. The van der Waals surface area contributed by atoms with Crippen LogP contribution in [0.15, 0.2) is 18.3 Å². The van der Waals surface area contributed by atoms with Crippen LogP contribution in [0.1, 0.15) is 11.3 Å². The van der Waals surface area contributed by atoms with E-state index in [1.807, 2.05) is 16.6 Å². The van der Waals surface area contributed by atoms with Gasteiger partial charge in [0.1, 0.15) is 6.07 Å². The van der Waals surface area contributed by atoms with Gasteiger partial charge in [0.2, 0.25) is 0 Å². The molecule has 0 spiro atoms. The average Bonchev–Trinajstić information content (AvgIpc) is 2.82. The molecule has 0 aromatic carbocycles. The van der Waals surface area contributed by atoms with Gasteiger partial charge in [-0.05, 0) is 12.1 Å². The van der Waals surface area contributed by atoms with E-state index in [1.54, 1.807) is 6.20 Å². The molecule has 1 aliphatic heterocycles. The zero-order valence-corrected chi connectivity index (χ0v) is 7.49. The molecule has 2 aromatic heterocycles. The summed E-state index contributed by atoms with van der Waals surface area (Å²) in [6.07, 6.45) is 2.59. The number of pyridine rings is 1. The van der Waals surface area contributed by atoms with Gasteiger partial charge in [-0.3, -0.25) is 0 Å². The van der Waals surface area contributed by atoms with Gasteiger partial charge in [-0.15, -0.1) is 0 Å². The summed E-state index contributed by atoms with van der Waals surface area (Å²) in [4.78, 5) is 0. The smallest absolute Gasteiger partial charge is 0.103 e. The normalized spacial score (nSPS) is 13.6. The molecule has 0 fully saturated rings. The van der Waals surface area contributed by atoms with Crippen molar-refractivity contribution >= 4 is 11.2 Å². The minimum atomic E-state index is 0.639. The van der Waals surface area contributed by atoms with Gasteiger partial charge >= 0.3 is 0 Å². The number of hydrogen-bond donors (Lipinski definition) is 1. The van der Waals surface area contributed by atoms with Crippen molar-refractivity contribution in [3.05, 3.63) is 29.6 Å². The van der Waals surface area contributed by atoms with Crippen LogP contribution >= 0.6 is 0 Å². The number of nitrogens with zero attached hydrogens (tertiary/aromatic N) is 3. The number of nitriles is 1. The summed E-state index contributed by atoms with van der Waals surface area (Å²) in [6, 6.07) is 6.08. The third-order valence-electron chi connectivity index (χ3n) is 2.58. The Labute approximate surface area is 80.8 Å². The van der Waals surface area contributed by atoms with E-state index < -0.39 is 0 Å². The molecule has 4 heteroatoms. The maximum absolute atomic E-state index is 8.85. The van der Waals surface area contributed by atoms with E-state index in [2.05, 4.69) is 16.5 Å². The van der Waals surface area contributed by atoms with Crippen LogP contribution in [0, 0.1) is 11.3 Å². The number of hydrogen-bond acceptors (Lipinski definition) is 3. The average molecular weight is 184 g/mol. The maximum atomic E-state index is 8.85. The second-order valence-corrected chi connectivity index (χ2v) is 3.34. The van der Waals surface area contributed by atoms with E-state index in [9.17, 15) is 0 Å². The van der Waals surface area contributed by atoms with Crippen LogP contribution in [-0.4, -0.2) is 16.2 Å². The van der Waals surface area contributed by atoms with Gasteiger partial charge in [0.05, 0.1) is 28.7 Å². The lowest BCUT2D eigenvalue weighted by atomic mass is 10.2. The molecule has 1 aliphatic rings. The van der Waals surface area contributed by atoms with Crippen molar-refractivity contribution in [2.45, 2.75) is 6.42 Å². The zero-order valence-electron chi connectivity index (χ0n) is 7.49. The minimum Gasteiger partial charge on any atom is -0.383 e. The first-order valence-corrected chi connectivity index (χ1v) is 4.54. The molecule has 1 N–H and O–H groups in total. The van der Waals surface area contributed by atoms with Crippen LogP contribution in [-0.2, 0) is 6.42 Å². The Morgan fingerprint density at radius 2 is 2.43 bits per heavy atom. The maximum Gasteiger partial charge on any atom is 0.103 e. The molecule has 0 saturated carbocycles. The highest BCUT2D eigenvalue weighted by atomic mass is 15.2. The quantitative estimate of drug-likeness (QED) is 0.668. The van der Waals surface area contributed by atoms with Gasteiger partial charge in [0, 0.05) is 13.0 Å². The summed E-state index contributed by atoms with van der Waals surface area (Å²) in [7, 11) is 0. The number of anilines is 1. The molecule has 3 heterocycles. The van der Waals surface area contributed by atoms with Crippen molar-refractivity contribution in [3.8, 4) is 6.07 Å². The topological polar surface area (TPSA) is 53.1 Å². The number of aromatic nitrogens is 2. The number of rotatable bonds is 0. The van der Waals surface area contributed by atoms with E-state index in [1.165, 1.54) is 5.69 Å². The minimum absolute atomic E-state index is 0.639. The number of fused-ring (bicyclic) bond motifs is 3. The van der Waals surface area contributed by atoms with E-state index in [0.717, 1.165) is 24.2 Å². The van der Waals surface area contributed by atoms with Gasteiger partial charge in [-0.1, -0.05) is 0 Å². The summed E-state index contributed by atoms with van der Waals surface area (Å²) in [5.41, 5.74) is 3.84. The van der Waals surface area contributed by atoms with Crippen molar-refractivity contribution in [2.24, 2.45) is 0 Å². The van der Waals surface area contributed by atoms with Gasteiger partial charge < -0.3 is 5.32 Å². The molecule has 0 bridgehead atoms. The van der Waals surface area contributed by atoms with Crippen molar-refractivity contribution < 1.29 is 0 Å². The fraction of sp³-hybridized carbons (Fsp3) is 0.200. The molecule has 3 rings (SSSR count). The van der Waals surface area contributed by atoms with Crippen molar-refractivity contribution in [3.63, 3.8) is 0 Å². The molecule has 0 atom stereocenters. The first kappa shape index (κ1) is 7.39. The first-order valence-electron chi connectivity index (χ1n) is 4.54. The molecule has 4 nitrogen and oxygen atoms in total. The molecule has 14 heavy (non-hydrogen) atoms. The van der Waals surface area contributed by atoms with E-state index in [0.29, 0.717) is 5.56 Å². The predicted molar refractivity (Wildman–Crippen MR) is 52.1 cm³/mol. The van der Waals surface area contributed by atoms with E-state index >= 15 is 0 Å². The van der Waals surface area contributed by atoms with E-state index in [4.69, 9.17) is 5.26 Å². The van der Waals surface area contributed by atoms with Gasteiger partial charge in [-0.25, -0.2) is 4.52 Å². The second kappa shape index (κ2) is 2.48. The predicted octanol–water partition coefficient (Wildman–Crippen LogP) is 1.17. The van der Waals surface area contributed by atoms with Crippen LogP contribution in [0.2, 0.25) is 0 Å². The highest BCUT2D eigenvalue weighted by Gasteiger charge is 2.15. The van der Waals surface area contributed by atoms with Gasteiger partial charge in [0.25, 0.3) is 0 Å². The Balaban J connectivity index is 2.41. The lowest BCUT2D eigenvalue weighted by Gasteiger charge is -2.01. The lowest BCUT2D eigenvalue weighted by molar-refractivity contribution is 0.882. The summed E-state index contributed by atoms with van der Waals surface area (Å²) in [5, 5.41) is 16.3. The van der Waals surface area contributed by atoms with Crippen LogP contribution in [0.25, 0.3) is 5.52 Å². The Morgan fingerprint density at radius 1 is 1.50 bits per heavy atom. The molecule has 0 saturated heterocycles. The highest BCUT2D eigenvalue weighted by Crippen LogP contribution is 2.24. The highest BCUT2D eigenvalue weighted by molar-refractivity contribution is 5.66. The Bertz CT molecular complexity index is 547. The first-order chi connectivity index (χ1) is 6.90. The van der Waals surface area contributed by atoms with Gasteiger partial charge in [-0.2, -0.15) is 10.4 Å². The van der Waals surface area contributed by atoms with Gasteiger partial charge in [0.15, 0.2) is 0 Å². The standard InChI is InChI=1S/C10H8N4/c11-5-7-6-13-14-9(7)2-1-8-10(14)3-4-12-8/h1-2,6,12H,3-4H2. The van der Waals surface area contributed by atoms with Crippen LogP contribution in [0.4, 0.5) is 5.69 Å². The lowest BCUT2D eigenvalue weighted by Crippen LogP contribution is -1.95. The Hall–Kier alpha value is -2.02. The SMILES string of the molecule is N#Cc1cnn2c3c(ccc12)NCC3. The molecule has 0 amide bonds. The molecule has 0 radical (unpaired) electrons. The zero-order chi connectivity index (χ0) is 9.54. The molecule has 68 valence electrons. The van der Waals surface area contributed by atoms with Crippen LogP contribution in [0.3, 0.4) is 0 Å². The van der Waals surface area contributed by atoms with Crippen molar-refractivity contribution in [1.29, 1.82) is 5.26 Å². The van der Waals surface area contributed by atoms with Crippen molar-refractivity contribution in [1.82, 2.24) is 9.61 Å². The second-order valence-electron chi connectivity index (χ2n) is 3.34. The monoisotopic (exact) mass is 184 g/mol. The third kappa shape index (κ3) is 0.787. The summed E-state index contributed by atoms with van der Waals surface area (Å²) in [5.74, 6) is 0.